The van der Waals surface area contributed by atoms with Crippen molar-refractivity contribution in [2.75, 3.05) is 0 Å². The first-order chi connectivity index (χ1) is 7.41. The van der Waals surface area contributed by atoms with Gasteiger partial charge >= 0.3 is 0 Å². The highest BCUT2D eigenvalue weighted by atomic mass is 32.1. The maximum absolute atomic E-state index is 5.63. The Bertz CT molecular complexity index is 388. The largest absolute Gasteiger partial charge is 0.484 e. The van der Waals surface area contributed by atoms with E-state index in [9.17, 15) is 0 Å². The van der Waals surface area contributed by atoms with E-state index in [1.165, 1.54) is 11.1 Å². The van der Waals surface area contributed by atoms with Gasteiger partial charge in [-0.1, -0.05) is 32.1 Å². The second-order valence-electron chi connectivity index (χ2n) is 4.34. The van der Waals surface area contributed by atoms with Gasteiger partial charge in [0.2, 0.25) is 0 Å². The second-order valence-corrected chi connectivity index (χ2v) is 4.81. The van der Waals surface area contributed by atoms with Crippen molar-refractivity contribution in [1.82, 2.24) is 0 Å². The maximum atomic E-state index is 5.63. The Morgan fingerprint density at radius 1 is 1.31 bits per heavy atom. The third-order valence-corrected chi connectivity index (χ3v) is 2.91. The summed E-state index contributed by atoms with van der Waals surface area (Å²) in [6.07, 6.45) is -0.223. The lowest BCUT2D eigenvalue weighted by atomic mass is 9.98. The molecule has 0 aromatic heterocycles. The van der Waals surface area contributed by atoms with Gasteiger partial charge in [-0.25, -0.2) is 0 Å². The van der Waals surface area contributed by atoms with Crippen LogP contribution >= 0.6 is 12.2 Å². The highest BCUT2D eigenvalue weighted by Gasteiger charge is 2.09. The van der Waals surface area contributed by atoms with E-state index in [-0.39, 0.29) is 6.10 Å². The van der Waals surface area contributed by atoms with E-state index < -0.39 is 0 Å². The van der Waals surface area contributed by atoms with Gasteiger partial charge in [-0.3, -0.25) is 0 Å². The first-order valence-electron chi connectivity index (χ1n) is 5.48. The molecule has 0 spiro atoms. The fraction of sp³-hybridized carbons (Fsp3) is 0.462. The van der Waals surface area contributed by atoms with Gasteiger partial charge in [0.15, 0.2) is 0 Å². The molecular formula is C13H19NOS. The van der Waals surface area contributed by atoms with E-state index in [1.807, 2.05) is 19.1 Å². The zero-order valence-corrected chi connectivity index (χ0v) is 11.1. The number of rotatable bonds is 4. The summed E-state index contributed by atoms with van der Waals surface area (Å²) >= 11 is 4.87. The first kappa shape index (κ1) is 13.0. The third-order valence-electron chi connectivity index (χ3n) is 2.58. The topological polar surface area (TPSA) is 35.2 Å². The van der Waals surface area contributed by atoms with E-state index in [0.29, 0.717) is 10.9 Å². The molecule has 2 nitrogen and oxygen atoms in total. The van der Waals surface area contributed by atoms with E-state index in [4.69, 9.17) is 22.7 Å². The molecule has 0 saturated carbocycles. The predicted octanol–water partition coefficient (Wildman–Crippen LogP) is 3.17. The second kappa shape index (κ2) is 5.30. The number of aryl methyl sites for hydroxylation is 1. The minimum Gasteiger partial charge on any atom is -0.484 e. The molecule has 0 aliphatic heterocycles. The number of thiocarbonyl (C=S) groups is 1. The Morgan fingerprint density at radius 2 is 1.94 bits per heavy atom. The van der Waals surface area contributed by atoms with Crippen molar-refractivity contribution in [3.8, 4) is 5.75 Å². The zero-order chi connectivity index (χ0) is 12.3. The van der Waals surface area contributed by atoms with Crippen LogP contribution < -0.4 is 10.5 Å². The van der Waals surface area contributed by atoms with Gasteiger partial charge in [0.05, 0.1) is 0 Å². The first-order valence-corrected chi connectivity index (χ1v) is 5.89. The number of nitrogens with two attached hydrogens (primary N) is 1. The van der Waals surface area contributed by atoms with Crippen LogP contribution in [0.15, 0.2) is 18.2 Å². The smallest absolute Gasteiger partial charge is 0.145 e. The molecule has 0 bridgehead atoms. The van der Waals surface area contributed by atoms with Gasteiger partial charge in [-0.15, -0.1) is 0 Å². The van der Waals surface area contributed by atoms with Crippen molar-refractivity contribution in [2.45, 2.75) is 39.7 Å². The molecule has 1 unspecified atom stereocenters. The van der Waals surface area contributed by atoms with Crippen LogP contribution in [-0.2, 0) is 0 Å². The lowest BCUT2D eigenvalue weighted by Crippen LogP contribution is -2.28. The van der Waals surface area contributed by atoms with Crippen molar-refractivity contribution in [3.63, 3.8) is 0 Å². The highest BCUT2D eigenvalue weighted by molar-refractivity contribution is 7.80. The molecule has 1 aromatic rings. The standard InChI is InChI=1S/C13H19NOS/c1-8(2)12-6-5-11(7-9(12)3)15-10(4)13(14)16/h5-8,10H,1-4H3,(H2,14,16). The number of hydrogen-bond donors (Lipinski definition) is 1. The molecule has 1 rings (SSSR count). The number of hydrogen-bond acceptors (Lipinski definition) is 2. The van der Waals surface area contributed by atoms with Gasteiger partial charge in [0.25, 0.3) is 0 Å². The minimum absolute atomic E-state index is 0.223. The summed E-state index contributed by atoms with van der Waals surface area (Å²) in [5.41, 5.74) is 8.09. The Hall–Kier alpha value is -1.09. The molecule has 1 atom stereocenters. The van der Waals surface area contributed by atoms with Crippen LogP contribution in [0, 0.1) is 6.92 Å². The average molecular weight is 237 g/mol. The summed E-state index contributed by atoms with van der Waals surface area (Å²) in [5.74, 6) is 1.35. The van der Waals surface area contributed by atoms with Crippen LogP contribution in [0.1, 0.15) is 37.8 Å². The Labute approximate surface area is 103 Å². The van der Waals surface area contributed by atoms with Crippen molar-refractivity contribution in [1.29, 1.82) is 0 Å². The minimum atomic E-state index is -0.223. The lowest BCUT2D eigenvalue weighted by Gasteiger charge is -2.16. The Balaban J connectivity index is 2.85. The molecule has 16 heavy (non-hydrogen) atoms. The zero-order valence-electron chi connectivity index (χ0n) is 10.3. The van der Waals surface area contributed by atoms with Crippen LogP contribution in [0.5, 0.6) is 5.75 Å². The molecule has 0 amide bonds. The quantitative estimate of drug-likeness (QED) is 0.817. The summed E-state index contributed by atoms with van der Waals surface area (Å²) in [6.45, 7) is 8.31. The van der Waals surface area contributed by atoms with Gasteiger partial charge in [-0.05, 0) is 43.0 Å². The van der Waals surface area contributed by atoms with Crippen LogP contribution in [0.4, 0.5) is 0 Å². The van der Waals surface area contributed by atoms with Gasteiger partial charge < -0.3 is 10.5 Å². The fourth-order valence-corrected chi connectivity index (χ4v) is 1.68. The number of ether oxygens (including phenoxy) is 1. The van der Waals surface area contributed by atoms with Crippen molar-refractivity contribution < 1.29 is 4.74 Å². The van der Waals surface area contributed by atoms with Crippen molar-refractivity contribution in [2.24, 2.45) is 5.73 Å². The lowest BCUT2D eigenvalue weighted by molar-refractivity contribution is 0.288. The molecule has 0 radical (unpaired) electrons. The van der Waals surface area contributed by atoms with Crippen molar-refractivity contribution in [3.05, 3.63) is 29.3 Å². The molecule has 0 aliphatic carbocycles. The fourth-order valence-electron chi connectivity index (χ4n) is 1.63. The predicted molar refractivity (Wildman–Crippen MR) is 72.1 cm³/mol. The molecule has 2 N–H and O–H groups in total. The summed E-state index contributed by atoms with van der Waals surface area (Å²) in [4.78, 5) is 0.380. The van der Waals surface area contributed by atoms with Gasteiger partial charge in [0.1, 0.15) is 16.8 Å². The van der Waals surface area contributed by atoms with Crippen LogP contribution in [0.25, 0.3) is 0 Å². The monoisotopic (exact) mass is 237 g/mol. The van der Waals surface area contributed by atoms with E-state index in [2.05, 4.69) is 26.8 Å². The molecule has 88 valence electrons. The van der Waals surface area contributed by atoms with Crippen LogP contribution in [0.2, 0.25) is 0 Å². The summed E-state index contributed by atoms with van der Waals surface area (Å²) in [7, 11) is 0. The molecule has 0 fully saturated rings. The van der Waals surface area contributed by atoms with Crippen LogP contribution in [0.3, 0.4) is 0 Å². The van der Waals surface area contributed by atoms with E-state index in [1.54, 1.807) is 0 Å². The molecule has 0 saturated heterocycles. The molecule has 0 heterocycles. The average Bonchev–Trinajstić information content (AvgIpc) is 2.16. The molecule has 1 aromatic carbocycles. The Morgan fingerprint density at radius 3 is 2.38 bits per heavy atom. The maximum Gasteiger partial charge on any atom is 0.145 e. The van der Waals surface area contributed by atoms with E-state index >= 15 is 0 Å². The van der Waals surface area contributed by atoms with E-state index in [0.717, 1.165) is 5.75 Å². The van der Waals surface area contributed by atoms with Crippen molar-refractivity contribution >= 4 is 17.2 Å². The normalized spacial score (nSPS) is 12.6. The molecule has 0 aliphatic rings. The third kappa shape index (κ3) is 3.20. The molecule has 3 heteroatoms. The van der Waals surface area contributed by atoms with Gasteiger partial charge in [0, 0.05) is 0 Å². The van der Waals surface area contributed by atoms with Gasteiger partial charge in [-0.2, -0.15) is 0 Å². The summed E-state index contributed by atoms with van der Waals surface area (Å²) < 4.78 is 5.63. The highest BCUT2D eigenvalue weighted by Crippen LogP contribution is 2.24. The Kier molecular flexibility index (Phi) is 4.30. The summed E-state index contributed by atoms with van der Waals surface area (Å²) in [6, 6.07) is 6.10. The van der Waals surface area contributed by atoms with Crippen LogP contribution in [-0.4, -0.2) is 11.1 Å². The SMILES string of the molecule is Cc1cc(OC(C)C(N)=S)ccc1C(C)C. The number of benzene rings is 1. The molecular weight excluding hydrogens is 218 g/mol. The summed E-state index contributed by atoms with van der Waals surface area (Å²) in [5, 5.41) is 0.